The lowest BCUT2D eigenvalue weighted by Gasteiger charge is -2.32. The fraction of sp³-hybridized carbons (Fsp3) is 0.343. The Morgan fingerprint density at radius 2 is 1.00 bits per heavy atom. The lowest BCUT2D eigenvalue weighted by molar-refractivity contribution is -0.137. The molecule has 4 heterocycles. The number of hydrogen-bond acceptors (Lipinski definition) is 14. The first kappa shape index (κ1) is 62.7. The molecule has 0 radical (unpaired) electrons. The Morgan fingerprint density at radius 1 is 0.539 bits per heavy atom. The lowest BCUT2D eigenvalue weighted by Crippen LogP contribution is -2.44. The normalized spacial score (nSPS) is 17.3. The Hall–Kier alpha value is -7.86. The number of nitrogens with zero attached hydrogens (tertiary/aromatic N) is 8. The Bertz CT molecular complexity index is 4030. The standard InChI is InChI=1S/C34H40N6O2S.C33H34F4N6O2S/c1-24-9-14-29(21-25(24)2)43(41,42)38-28-12-10-26(11-13-28)32-22-27-23-36-34(37-33(27)31-8-5-4-7-30(31)32)35-15-6-16-40-19-17-39(3)18-20-40;1-42-15-17-43(18-16-42)14-4-13-38-32-39-21-23-19-28(26-5-2-3-6-27(26)31(23)40-32)22-7-10-25(11-8-22)41-46(44,45)30-20-24(33(35,36)37)9-12-29(30)34/h4-5,7-14,21,23,32,38H,6,15-20,22H2,1-3H3,(H,35,36,37);2-3,5-12,20-21,28,41H,4,13-19H2,1H3,(H,38,39,40). The van der Waals surface area contributed by atoms with Gasteiger partial charge in [0.1, 0.15) is 10.7 Å². The van der Waals surface area contributed by atoms with Gasteiger partial charge in [-0.15, -0.1) is 0 Å². The predicted octanol–water partition coefficient (Wildman–Crippen LogP) is 11.1. The number of alkyl halides is 3. The van der Waals surface area contributed by atoms with Gasteiger partial charge in [-0.05, 0) is 166 Å². The van der Waals surface area contributed by atoms with Gasteiger partial charge in [-0.25, -0.2) is 41.2 Å². The SMILES string of the molecule is CN1CCN(CCCNc2ncc3c(n2)-c2ccccc2C(c2ccc(NS(=O)(=O)c4cc(C(F)(F)F)ccc4F)cc2)C3)CC1.Cc1ccc(S(=O)(=O)Nc2ccc(C3Cc4cnc(NCCCN5CCN(C)CC5)nc4-c4ccccc43)cc2)cc1C. The first-order valence-corrected chi connectivity index (χ1v) is 33.1. The van der Waals surface area contributed by atoms with Crippen molar-refractivity contribution in [3.8, 4) is 22.5 Å². The van der Waals surface area contributed by atoms with Gasteiger partial charge in [0.15, 0.2) is 0 Å². The van der Waals surface area contributed by atoms with Gasteiger partial charge in [-0.1, -0.05) is 78.9 Å². The topological polar surface area (TPSA) is 181 Å². The molecule has 6 aromatic carbocycles. The first-order chi connectivity index (χ1) is 42.7. The van der Waals surface area contributed by atoms with E-state index in [9.17, 15) is 34.4 Å². The molecule has 2 unspecified atom stereocenters. The van der Waals surface area contributed by atoms with Crippen LogP contribution in [0, 0.1) is 19.7 Å². The summed E-state index contributed by atoms with van der Waals surface area (Å²) in [5.74, 6) is 0.0345. The highest BCUT2D eigenvalue weighted by atomic mass is 32.2. The van der Waals surface area contributed by atoms with Crippen LogP contribution in [0.5, 0.6) is 0 Å². The number of sulfonamides is 2. The van der Waals surface area contributed by atoms with E-state index < -0.39 is 42.5 Å². The number of aromatic nitrogens is 4. The van der Waals surface area contributed by atoms with Crippen LogP contribution in [0.2, 0.25) is 0 Å². The monoisotopic (exact) mass is 1250 g/mol. The number of halogens is 4. The molecule has 0 spiro atoms. The van der Waals surface area contributed by atoms with Crippen molar-refractivity contribution >= 4 is 43.3 Å². The molecule has 2 fully saturated rings. The minimum absolute atomic E-state index is 0.0683. The van der Waals surface area contributed by atoms with Crippen molar-refractivity contribution in [1.82, 2.24) is 39.5 Å². The van der Waals surface area contributed by atoms with E-state index in [0.717, 1.165) is 159 Å². The summed E-state index contributed by atoms with van der Waals surface area (Å²) in [5, 5.41) is 6.82. The predicted molar refractivity (Wildman–Crippen MR) is 342 cm³/mol. The molecule has 0 saturated carbocycles. The number of nitrogens with one attached hydrogen (secondary N) is 4. The first-order valence-electron chi connectivity index (χ1n) is 30.1. The van der Waals surface area contributed by atoms with Crippen LogP contribution in [-0.4, -0.2) is 149 Å². The van der Waals surface area contributed by atoms with Gasteiger partial charge in [0.05, 0.1) is 21.8 Å². The lowest BCUT2D eigenvalue weighted by atomic mass is 9.78. The summed E-state index contributed by atoms with van der Waals surface area (Å²) in [4.78, 5) is 28.0. The Labute approximate surface area is 519 Å². The third kappa shape index (κ3) is 15.1. The molecule has 22 heteroatoms. The van der Waals surface area contributed by atoms with E-state index >= 15 is 0 Å². The molecule has 12 rings (SSSR count). The zero-order chi connectivity index (χ0) is 62.5. The summed E-state index contributed by atoms with van der Waals surface area (Å²) in [6.07, 6.45) is 2.44. The van der Waals surface area contributed by atoms with E-state index in [1.54, 1.807) is 24.3 Å². The van der Waals surface area contributed by atoms with Crippen molar-refractivity contribution in [1.29, 1.82) is 0 Å². The zero-order valence-corrected chi connectivity index (χ0v) is 52.0. The maximum Gasteiger partial charge on any atom is 0.416 e. The average Bonchev–Trinajstić information content (AvgIpc) is 0.970. The number of piperazine rings is 2. The highest BCUT2D eigenvalue weighted by molar-refractivity contribution is 7.93. The van der Waals surface area contributed by atoms with E-state index in [-0.39, 0.29) is 22.4 Å². The van der Waals surface area contributed by atoms with E-state index in [4.69, 9.17) is 9.97 Å². The van der Waals surface area contributed by atoms with Gasteiger partial charge in [0.25, 0.3) is 20.0 Å². The van der Waals surface area contributed by atoms with Crippen LogP contribution >= 0.6 is 0 Å². The summed E-state index contributed by atoms with van der Waals surface area (Å²) >= 11 is 0. The summed E-state index contributed by atoms with van der Waals surface area (Å²) < 4.78 is 110. The van der Waals surface area contributed by atoms with Crippen LogP contribution in [0.15, 0.2) is 156 Å². The van der Waals surface area contributed by atoms with Crippen LogP contribution in [-0.2, 0) is 39.1 Å². The second kappa shape index (κ2) is 27.1. The number of anilines is 4. The molecule has 2 aliphatic carbocycles. The third-order valence-electron chi connectivity index (χ3n) is 17.3. The highest BCUT2D eigenvalue weighted by Gasteiger charge is 2.34. The number of aryl methyl sites for hydroxylation is 2. The van der Waals surface area contributed by atoms with Crippen molar-refractivity contribution in [2.24, 2.45) is 0 Å². The minimum Gasteiger partial charge on any atom is -0.354 e. The second-order valence-corrected chi connectivity index (χ2v) is 26.9. The van der Waals surface area contributed by atoms with Gasteiger partial charge >= 0.3 is 6.18 Å². The van der Waals surface area contributed by atoms with Crippen LogP contribution < -0.4 is 20.1 Å². The third-order valence-corrected chi connectivity index (χ3v) is 20.1. The average molecular weight is 1250 g/mol. The minimum atomic E-state index is -4.82. The Balaban J connectivity index is 0.000000184. The Kier molecular flexibility index (Phi) is 19.1. The number of fused-ring (bicyclic) bond motifs is 6. The maximum absolute atomic E-state index is 14.3. The number of rotatable bonds is 18. The largest absolute Gasteiger partial charge is 0.416 e. The summed E-state index contributed by atoms with van der Waals surface area (Å²) in [6.45, 7) is 16.5. The number of benzene rings is 6. The van der Waals surface area contributed by atoms with Crippen molar-refractivity contribution in [2.75, 3.05) is 113 Å². The molecule has 16 nitrogen and oxygen atoms in total. The molecule has 0 bridgehead atoms. The highest BCUT2D eigenvalue weighted by Crippen LogP contribution is 2.44. The Morgan fingerprint density at radius 3 is 1.46 bits per heavy atom. The molecular weight excluding hydrogens is 1180 g/mol. The summed E-state index contributed by atoms with van der Waals surface area (Å²) in [5.41, 5.74) is 11.8. The summed E-state index contributed by atoms with van der Waals surface area (Å²) in [7, 11) is -3.97. The van der Waals surface area contributed by atoms with Crippen molar-refractivity contribution in [3.05, 3.63) is 202 Å². The molecule has 2 aliphatic heterocycles. The van der Waals surface area contributed by atoms with E-state index in [1.807, 2.05) is 80.8 Å². The fourth-order valence-electron chi connectivity index (χ4n) is 11.9. The molecule has 466 valence electrons. The molecule has 2 atom stereocenters. The molecule has 0 amide bonds. The van der Waals surface area contributed by atoms with Gasteiger partial charge in [0, 0.05) is 112 Å². The number of hydrogen-bond donors (Lipinski definition) is 4. The van der Waals surface area contributed by atoms with Gasteiger partial charge < -0.3 is 30.2 Å². The van der Waals surface area contributed by atoms with Crippen molar-refractivity contribution in [2.45, 2.75) is 67.3 Å². The molecule has 4 N–H and O–H groups in total. The van der Waals surface area contributed by atoms with Crippen molar-refractivity contribution < 1.29 is 34.4 Å². The maximum atomic E-state index is 14.3. The van der Waals surface area contributed by atoms with Gasteiger partial charge in [0.2, 0.25) is 11.9 Å². The van der Waals surface area contributed by atoms with Gasteiger partial charge in [-0.3, -0.25) is 9.44 Å². The number of likely N-dealkylation sites (N-methyl/N-ethyl adjacent to an activating group) is 2. The molecule has 8 aromatic rings. The fourth-order valence-corrected chi connectivity index (χ4v) is 14.2. The van der Waals surface area contributed by atoms with Crippen LogP contribution in [0.25, 0.3) is 22.5 Å². The van der Waals surface area contributed by atoms with Gasteiger partial charge in [-0.2, -0.15) is 13.2 Å². The van der Waals surface area contributed by atoms with Crippen LogP contribution in [0.3, 0.4) is 0 Å². The van der Waals surface area contributed by atoms with Crippen LogP contribution in [0.1, 0.15) is 74.7 Å². The van der Waals surface area contributed by atoms with E-state index in [2.05, 4.69) is 88.0 Å². The molecule has 2 aromatic heterocycles. The van der Waals surface area contributed by atoms with Crippen molar-refractivity contribution in [3.63, 3.8) is 0 Å². The smallest absolute Gasteiger partial charge is 0.354 e. The molecule has 2 saturated heterocycles. The molecule has 4 aliphatic rings. The van der Waals surface area contributed by atoms with Crippen LogP contribution in [0.4, 0.5) is 40.8 Å². The summed E-state index contributed by atoms with van der Waals surface area (Å²) in [6, 6.07) is 37.2. The van der Waals surface area contributed by atoms with E-state index in [0.29, 0.717) is 42.2 Å². The van der Waals surface area contributed by atoms with E-state index in [1.165, 1.54) is 17.7 Å². The quantitative estimate of drug-likeness (QED) is 0.0471. The molecule has 89 heavy (non-hydrogen) atoms. The molecular formula is C67H74F4N12O4S2. The second-order valence-electron chi connectivity index (χ2n) is 23.5. The zero-order valence-electron chi connectivity index (χ0n) is 50.4.